The number of carbonyl (C=O) groups excluding carboxylic acids is 2. The lowest BCUT2D eigenvalue weighted by atomic mass is 9.77. The Hall–Kier alpha value is -3.53. The van der Waals surface area contributed by atoms with Crippen LogP contribution in [0, 0.1) is 31.0 Å². The van der Waals surface area contributed by atoms with Gasteiger partial charge in [-0.25, -0.2) is 14.1 Å². The molecule has 2 aromatic rings. The summed E-state index contributed by atoms with van der Waals surface area (Å²) in [5.41, 5.74) is 1.90. The number of carbonyl (C=O) groups is 2. The van der Waals surface area contributed by atoms with Crippen LogP contribution in [0.5, 0.6) is 0 Å². The van der Waals surface area contributed by atoms with Gasteiger partial charge in [-0.15, -0.1) is 0 Å². The van der Waals surface area contributed by atoms with Gasteiger partial charge in [0.1, 0.15) is 17.4 Å². The van der Waals surface area contributed by atoms with E-state index in [1.54, 1.807) is 32.0 Å². The predicted molar refractivity (Wildman–Crippen MR) is 108 cm³/mol. The highest BCUT2D eigenvalue weighted by Crippen LogP contribution is 2.41. The van der Waals surface area contributed by atoms with E-state index in [9.17, 15) is 24.0 Å². The van der Waals surface area contributed by atoms with E-state index in [2.05, 4.69) is 0 Å². The SMILES string of the molecule is Cc1cc(C)n(N2C(=O)CC(c3cccc(F)c3)C3=C2CCCC3=O)c(=O)c1C#N. The van der Waals surface area contributed by atoms with E-state index in [1.165, 1.54) is 21.8 Å². The Bertz CT molecular complexity index is 1220. The average Bonchev–Trinajstić information content (AvgIpc) is 2.69. The van der Waals surface area contributed by atoms with Crippen molar-refractivity contribution in [3.63, 3.8) is 0 Å². The molecule has 4 rings (SSSR count). The normalized spacial score (nSPS) is 19.0. The van der Waals surface area contributed by atoms with E-state index in [-0.39, 0.29) is 23.7 Å². The number of aromatic nitrogens is 1. The fraction of sp³-hybridized carbons (Fsp3) is 0.304. The average molecular weight is 405 g/mol. The van der Waals surface area contributed by atoms with Crippen molar-refractivity contribution in [2.45, 2.75) is 45.4 Å². The van der Waals surface area contributed by atoms with Crippen molar-refractivity contribution in [3.8, 4) is 6.07 Å². The number of ketones is 1. The number of benzene rings is 1. The molecule has 1 aromatic heterocycles. The van der Waals surface area contributed by atoms with Gasteiger partial charge >= 0.3 is 0 Å². The smallest absolute Gasteiger partial charge is 0.288 e. The Kier molecular flexibility index (Phi) is 4.86. The highest BCUT2D eigenvalue weighted by atomic mass is 19.1. The first kappa shape index (κ1) is 19.8. The maximum atomic E-state index is 13.8. The minimum absolute atomic E-state index is 0.0371. The monoisotopic (exact) mass is 405 g/mol. The molecule has 152 valence electrons. The molecule has 1 aliphatic heterocycles. The molecule has 1 unspecified atom stereocenters. The van der Waals surface area contributed by atoms with Crippen LogP contribution in [0.15, 0.2) is 46.4 Å². The third kappa shape index (κ3) is 3.05. The molecule has 0 spiro atoms. The number of hydrogen-bond donors (Lipinski definition) is 0. The second-order valence-corrected chi connectivity index (χ2v) is 7.73. The first-order chi connectivity index (χ1) is 14.3. The van der Waals surface area contributed by atoms with Crippen molar-refractivity contribution in [1.82, 2.24) is 4.68 Å². The van der Waals surface area contributed by atoms with E-state index < -0.39 is 17.3 Å². The molecule has 7 heteroatoms. The number of nitriles is 1. The number of Topliss-reactive ketones (excluding diaryl/α,β-unsaturated/α-hetero) is 1. The van der Waals surface area contributed by atoms with Gasteiger partial charge in [0.15, 0.2) is 5.78 Å². The summed E-state index contributed by atoms with van der Waals surface area (Å²) in [6.07, 6.45) is 1.29. The summed E-state index contributed by atoms with van der Waals surface area (Å²) >= 11 is 0. The van der Waals surface area contributed by atoms with Crippen LogP contribution in [-0.4, -0.2) is 16.4 Å². The molecule has 1 aromatic carbocycles. The van der Waals surface area contributed by atoms with Crippen molar-refractivity contribution in [2.24, 2.45) is 0 Å². The van der Waals surface area contributed by atoms with Gasteiger partial charge < -0.3 is 0 Å². The van der Waals surface area contributed by atoms with Crippen LogP contribution in [0.25, 0.3) is 0 Å². The number of pyridine rings is 1. The molecule has 0 saturated carbocycles. The molecule has 1 aliphatic carbocycles. The van der Waals surface area contributed by atoms with Gasteiger partial charge in [0.2, 0.25) is 5.91 Å². The molecule has 0 saturated heterocycles. The quantitative estimate of drug-likeness (QED) is 0.769. The molecular formula is C23H20FN3O3. The molecule has 2 aliphatic rings. The summed E-state index contributed by atoms with van der Waals surface area (Å²) in [7, 11) is 0. The number of nitrogens with zero attached hydrogens (tertiary/aromatic N) is 3. The van der Waals surface area contributed by atoms with E-state index in [0.717, 1.165) is 0 Å². The first-order valence-corrected chi connectivity index (χ1v) is 9.81. The second kappa shape index (κ2) is 7.38. The summed E-state index contributed by atoms with van der Waals surface area (Å²) in [6.45, 7) is 3.36. The van der Waals surface area contributed by atoms with Crippen molar-refractivity contribution < 1.29 is 14.0 Å². The van der Waals surface area contributed by atoms with Crippen LogP contribution in [0.2, 0.25) is 0 Å². The van der Waals surface area contributed by atoms with Crippen LogP contribution in [0.3, 0.4) is 0 Å². The summed E-state index contributed by atoms with van der Waals surface area (Å²) < 4.78 is 15.0. The summed E-state index contributed by atoms with van der Waals surface area (Å²) in [5, 5.41) is 10.7. The number of aryl methyl sites for hydroxylation is 2. The number of hydrogen-bond acceptors (Lipinski definition) is 4. The van der Waals surface area contributed by atoms with Gasteiger partial charge in [-0.05, 0) is 56.0 Å². The number of amides is 1. The zero-order valence-corrected chi connectivity index (χ0v) is 16.7. The molecule has 1 amide bonds. The predicted octanol–water partition coefficient (Wildman–Crippen LogP) is 3.14. The highest BCUT2D eigenvalue weighted by molar-refractivity contribution is 6.04. The minimum Gasteiger partial charge on any atom is -0.294 e. The standard InChI is InChI=1S/C23H20FN3O3/c1-13-9-14(2)26(23(30)18(13)12-25)27-19-7-4-8-20(28)22(19)17(11-21(27)29)15-5-3-6-16(24)10-15/h3,5-6,9-10,17H,4,7-8,11H2,1-2H3. The van der Waals surface area contributed by atoms with E-state index in [1.807, 2.05) is 6.07 Å². The largest absolute Gasteiger partial charge is 0.294 e. The van der Waals surface area contributed by atoms with E-state index in [4.69, 9.17) is 0 Å². The third-order valence-corrected chi connectivity index (χ3v) is 5.77. The summed E-state index contributed by atoms with van der Waals surface area (Å²) in [4.78, 5) is 39.2. The van der Waals surface area contributed by atoms with Crippen LogP contribution >= 0.6 is 0 Å². The Morgan fingerprint density at radius 3 is 2.60 bits per heavy atom. The van der Waals surface area contributed by atoms with E-state index in [0.29, 0.717) is 47.4 Å². The van der Waals surface area contributed by atoms with Gasteiger partial charge in [-0.1, -0.05) is 12.1 Å². The van der Waals surface area contributed by atoms with Gasteiger partial charge in [0.25, 0.3) is 5.56 Å². The Labute approximate surface area is 172 Å². The first-order valence-electron chi connectivity index (χ1n) is 9.81. The number of halogens is 1. The van der Waals surface area contributed by atoms with Crippen molar-refractivity contribution in [2.75, 3.05) is 5.01 Å². The lowest BCUT2D eigenvalue weighted by Gasteiger charge is -2.39. The third-order valence-electron chi connectivity index (χ3n) is 5.77. The molecule has 0 N–H and O–H groups in total. The van der Waals surface area contributed by atoms with E-state index >= 15 is 0 Å². The van der Waals surface area contributed by atoms with Crippen molar-refractivity contribution >= 4 is 11.7 Å². The maximum Gasteiger partial charge on any atom is 0.288 e. The minimum atomic E-state index is -0.586. The molecule has 1 atom stereocenters. The Balaban J connectivity index is 1.96. The molecule has 0 radical (unpaired) electrons. The molecule has 2 heterocycles. The summed E-state index contributed by atoms with van der Waals surface area (Å²) in [5.74, 6) is -1.45. The zero-order valence-electron chi connectivity index (χ0n) is 16.7. The second-order valence-electron chi connectivity index (χ2n) is 7.73. The zero-order chi connectivity index (χ0) is 21.6. The fourth-order valence-corrected chi connectivity index (χ4v) is 4.48. The van der Waals surface area contributed by atoms with Gasteiger partial charge in [-0.2, -0.15) is 5.26 Å². The number of rotatable bonds is 2. The van der Waals surface area contributed by atoms with Gasteiger partial charge in [0, 0.05) is 30.0 Å². The van der Waals surface area contributed by atoms with Crippen LogP contribution < -0.4 is 10.6 Å². The molecule has 6 nitrogen and oxygen atoms in total. The topological polar surface area (TPSA) is 83.2 Å². The number of allylic oxidation sites excluding steroid dienone is 2. The maximum absolute atomic E-state index is 13.8. The van der Waals surface area contributed by atoms with Crippen LogP contribution in [0.4, 0.5) is 4.39 Å². The van der Waals surface area contributed by atoms with Crippen LogP contribution in [-0.2, 0) is 9.59 Å². The van der Waals surface area contributed by atoms with Crippen molar-refractivity contribution in [3.05, 3.63) is 80.2 Å². The molecular weight excluding hydrogens is 385 g/mol. The molecule has 0 bridgehead atoms. The Morgan fingerprint density at radius 1 is 1.13 bits per heavy atom. The van der Waals surface area contributed by atoms with Crippen molar-refractivity contribution in [1.29, 1.82) is 5.26 Å². The van der Waals surface area contributed by atoms with Gasteiger partial charge in [-0.3, -0.25) is 14.4 Å². The Morgan fingerprint density at radius 2 is 1.90 bits per heavy atom. The van der Waals surface area contributed by atoms with Crippen LogP contribution in [0.1, 0.15) is 54.0 Å². The summed E-state index contributed by atoms with van der Waals surface area (Å²) in [6, 6.07) is 9.52. The molecule has 0 fully saturated rings. The lowest BCUT2D eigenvalue weighted by molar-refractivity contribution is -0.121. The highest BCUT2D eigenvalue weighted by Gasteiger charge is 2.41. The lowest BCUT2D eigenvalue weighted by Crippen LogP contribution is -2.52. The van der Waals surface area contributed by atoms with Gasteiger partial charge in [0.05, 0.1) is 5.70 Å². The molecule has 30 heavy (non-hydrogen) atoms. The fourth-order valence-electron chi connectivity index (χ4n) is 4.48.